The van der Waals surface area contributed by atoms with Gasteiger partial charge in [0.2, 0.25) is 0 Å². The van der Waals surface area contributed by atoms with E-state index in [-0.39, 0.29) is 0 Å². The molecule has 2 rings (SSSR count). The van der Waals surface area contributed by atoms with Crippen LogP contribution in [0.5, 0.6) is 0 Å². The lowest BCUT2D eigenvalue weighted by atomic mass is 10.0. The van der Waals surface area contributed by atoms with Gasteiger partial charge >= 0.3 is 0 Å². The summed E-state index contributed by atoms with van der Waals surface area (Å²) in [5.41, 5.74) is 4.56. The third kappa shape index (κ3) is 1.38. The molecule has 0 aromatic heterocycles. The van der Waals surface area contributed by atoms with E-state index in [0.29, 0.717) is 0 Å². The van der Waals surface area contributed by atoms with Gasteiger partial charge in [-0.15, -0.1) is 0 Å². The Hall–Kier alpha value is -0.780. The highest BCUT2D eigenvalue weighted by Gasteiger charge is 2.24. The molecule has 0 saturated heterocycles. The lowest BCUT2D eigenvalue weighted by Crippen LogP contribution is -1.88. The smallest absolute Gasteiger partial charge is 0.0159 e. The van der Waals surface area contributed by atoms with E-state index in [1.807, 2.05) is 0 Å². The van der Waals surface area contributed by atoms with E-state index in [1.165, 1.54) is 24.0 Å². The minimum atomic E-state index is 0.899. The van der Waals surface area contributed by atoms with E-state index < -0.39 is 0 Å². The Bertz CT molecular complexity index is 282. The lowest BCUT2D eigenvalue weighted by molar-refractivity contribution is 1.07. The predicted octanol–water partition coefficient (Wildman–Crippen LogP) is 3.43. The number of hydrogen-bond donors (Lipinski definition) is 0. The zero-order valence-electron chi connectivity index (χ0n) is 7.93. The number of hydrogen-bond acceptors (Lipinski definition) is 0. The molecule has 64 valence electrons. The first kappa shape index (κ1) is 7.85. The van der Waals surface area contributed by atoms with Crippen LogP contribution in [0, 0.1) is 6.92 Å². The maximum atomic E-state index is 2.34. The van der Waals surface area contributed by atoms with Crippen molar-refractivity contribution in [3.05, 3.63) is 34.9 Å². The van der Waals surface area contributed by atoms with Gasteiger partial charge in [-0.05, 0) is 48.8 Å². The van der Waals surface area contributed by atoms with Crippen LogP contribution >= 0.6 is 0 Å². The average Bonchev–Trinajstić information content (AvgIpc) is 2.87. The molecule has 0 nitrogen and oxygen atoms in total. The Morgan fingerprint density at radius 3 is 2.58 bits per heavy atom. The Morgan fingerprint density at radius 1 is 1.33 bits per heavy atom. The summed E-state index contributed by atoms with van der Waals surface area (Å²) >= 11 is 0. The summed E-state index contributed by atoms with van der Waals surface area (Å²) in [6.07, 6.45) is 3.98. The van der Waals surface area contributed by atoms with E-state index in [2.05, 4.69) is 32.0 Å². The van der Waals surface area contributed by atoms with Crippen LogP contribution < -0.4 is 0 Å². The van der Waals surface area contributed by atoms with Crippen molar-refractivity contribution in [3.63, 3.8) is 0 Å². The van der Waals surface area contributed by atoms with Crippen molar-refractivity contribution >= 4 is 0 Å². The van der Waals surface area contributed by atoms with E-state index in [1.54, 1.807) is 5.56 Å². The molecule has 0 amide bonds. The summed E-state index contributed by atoms with van der Waals surface area (Å²) < 4.78 is 0. The summed E-state index contributed by atoms with van der Waals surface area (Å²) in [7, 11) is 0. The molecule has 0 aliphatic heterocycles. The van der Waals surface area contributed by atoms with Crippen LogP contribution in [0.2, 0.25) is 0 Å². The van der Waals surface area contributed by atoms with Crippen LogP contribution in [-0.4, -0.2) is 0 Å². The summed E-state index contributed by atoms with van der Waals surface area (Å²) in [4.78, 5) is 0. The predicted molar refractivity (Wildman–Crippen MR) is 52.5 cm³/mol. The molecule has 1 aliphatic rings. The van der Waals surface area contributed by atoms with Gasteiger partial charge in [-0.3, -0.25) is 0 Å². The maximum absolute atomic E-state index is 2.34. The van der Waals surface area contributed by atoms with Crippen LogP contribution in [0.1, 0.15) is 42.4 Å². The second-order valence-electron chi connectivity index (χ2n) is 3.82. The van der Waals surface area contributed by atoms with Gasteiger partial charge in [-0.25, -0.2) is 0 Å². The standard InChI is InChI=1S/C12H16/c1-3-10-4-7-12(9(2)8-10)11-5-6-11/h4,7-8,11H,3,5-6H2,1-2H3. The van der Waals surface area contributed by atoms with Crippen LogP contribution in [0.25, 0.3) is 0 Å². The second kappa shape index (κ2) is 2.93. The minimum absolute atomic E-state index is 0.899. The van der Waals surface area contributed by atoms with Gasteiger partial charge in [-0.2, -0.15) is 0 Å². The summed E-state index contributed by atoms with van der Waals surface area (Å²) in [5, 5.41) is 0. The first-order chi connectivity index (χ1) is 5.81. The van der Waals surface area contributed by atoms with Crippen LogP contribution in [0.15, 0.2) is 18.2 Å². The molecule has 0 atom stereocenters. The lowest BCUT2D eigenvalue weighted by Gasteiger charge is -2.05. The van der Waals surface area contributed by atoms with Crippen molar-refractivity contribution in [3.8, 4) is 0 Å². The van der Waals surface area contributed by atoms with Crippen LogP contribution in [0.3, 0.4) is 0 Å². The van der Waals surface area contributed by atoms with Gasteiger partial charge < -0.3 is 0 Å². The topological polar surface area (TPSA) is 0 Å². The molecule has 1 saturated carbocycles. The highest BCUT2D eigenvalue weighted by Crippen LogP contribution is 2.41. The van der Waals surface area contributed by atoms with E-state index in [0.717, 1.165) is 12.3 Å². The van der Waals surface area contributed by atoms with E-state index >= 15 is 0 Å². The fourth-order valence-electron chi connectivity index (χ4n) is 1.81. The molecule has 1 aromatic carbocycles. The quantitative estimate of drug-likeness (QED) is 0.621. The number of rotatable bonds is 2. The Balaban J connectivity index is 2.32. The molecule has 0 heteroatoms. The van der Waals surface area contributed by atoms with E-state index in [9.17, 15) is 0 Å². The average molecular weight is 160 g/mol. The molecule has 0 heterocycles. The molecule has 0 bridgehead atoms. The first-order valence-electron chi connectivity index (χ1n) is 4.90. The molecular formula is C12H16. The molecule has 0 radical (unpaired) electrons. The number of aryl methyl sites for hydroxylation is 2. The molecule has 1 aliphatic carbocycles. The zero-order valence-corrected chi connectivity index (χ0v) is 7.93. The summed E-state index contributed by atoms with van der Waals surface area (Å²) in [6.45, 7) is 4.46. The monoisotopic (exact) mass is 160 g/mol. The summed E-state index contributed by atoms with van der Waals surface area (Å²) in [5.74, 6) is 0.899. The zero-order chi connectivity index (χ0) is 8.55. The van der Waals surface area contributed by atoms with E-state index in [4.69, 9.17) is 0 Å². The highest BCUT2D eigenvalue weighted by molar-refractivity contribution is 5.35. The van der Waals surface area contributed by atoms with Crippen LogP contribution in [0.4, 0.5) is 0 Å². The molecule has 0 N–H and O–H groups in total. The third-order valence-corrected chi connectivity index (χ3v) is 2.76. The third-order valence-electron chi connectivity index (χ3n) is 2.76. The van der Waals surface area contributed by atoms with Crippen molar-refractivity contribution in [1.29, 1.82) is 0 Å². The SMILES string of the molecule is CCc1ccc(C2CC2)c(C)c1. The fraction of sp³-hybridized carbons (Fsp3) is 0.500. The molecule has 12 heavy (non-hydrogen) atoms. The Morgan fingerprint density at radius 2 is 2.08 bits per heavy atom. The molecule has 1 aromatic rings. The molecular weight excluding hydrogens is 144 g/mol. The van der Waals surface area contributed by atoms with Gasteiger partial charge in [0.05, 0.1) is 0 Å². The van der Waals surface area contributed by atoms with Gasteiger partial charge in [0.1, 0.15) is 0 Å². The summed E-state index contributed by atoms with van der Waals surface area (Å²) in [6, 6.07) is 6.94. The molecule has 0 spiro atoms. The van der Waals surface area contributed by atoms with Crippen molar-refractivity contribution in [2.24, 2.45) is 0 Å². The Labute approximate surface area is 74.6 Å². The highest BCUT2D eigenvalue weighted by atomic mass is 14.3. The maximum Gasteiger partial charge on any atom is -0.0159 e. The van der Waals surface area contributed by atoms with Crippen molar-refractivity contribution in [1.82, 2.24) is 0 Å². The van der Waals surface area contributed by atoms with Crippen molar-refractivity contribution in [2.75, 3.05) is 0 Å². The Kier molecular flexibility index (Phi) is 1.92. The van der Waals surface area contributed by atoms with Gasteiger partial charge in [0.25, 0.3) is 0 Å². The largest absolute Gasteiger partial charge is 0.0613 e. The normalized spacial score (nSPS) is 16.5. The first-order valence-corrected chi connectivity index (χ1v) is 4.90. The number of benzene rings is 1. The molecule has 1 fully saturated rings. The molecule has 0 unspecified atom stereocenters. The van der Waals surface area contributed by atoms with Crippen LogP contribution in [-0.2, 0) is 6.42 Å². The van der Waals surface area contributed by atoms with Gasteiger partial charge in [0, 0.05) is 0 Å². The van der Waals surface area contributed by atoms with Crippen molar-refractivity contribution in [2.45, 2.75) is 39.0 Å². The second-order valence-corrected chi connectivity index (χ2v) is 3.82. The van der Waals surface area contributed by atoms with Gasteiger partial charge in [-0.1, -0.05) is 25.1 Å². The van der Waals surface area contributed by atoms with Gasteiger partial charge in [0.15, 0.2) is 0 Å². The fourth-order valence-corrected chi connectivity index (χ4v) is 1.81. The van der Waals surface area contributed by atoms with Crippen molar-refractivity contribution < 1.29 is 0 Å². The minimum Gasteiger partial charge on any atom is -0.0613 e.